The van der Waals surface area contributed by atoms with Gasteiger partial charge in [-0.2, -0.15) is 0 Å². The van der Waals surface area contributed by atoms with Crippen LogP contribution in [0.5, 0.6) is 0 Å². The lowest BCUT2D eigenvalue weighted by molar-refractivity contribution is -0.142. The number of hydrogen-bond acceptors (Lipinski definition) is 2. The first-order valence-electron chi connectivity index (χ1n) is 7.81. The SMILES string of the molecule is CCC1OC1C(CCC1CCCC(C)(C)C1)C(=O)O. The molecule has 1 aliphatic heterocycles. The second-order valence-corrected chi connectivity index (χ2v) is 7.20. The zero-order valence-corrected chi connectivity index (χ0v) is 12.5. The van der Waals surface area contributed by atoms with E-state index in [0.717, 1.165) is 19.3 Å². The van der Waals surface area contributed by atoms with E-state index >= 15 is 0 Å². The monoisotopic (exact) mass is 268 g/mol. The molecule has 0 radical (unpaired) electrons. The number of ether oxygens (including phenoxy) is 1. The molecule has 3 nitrogen and oxygen atoms in total. The molecule has 19 heavy (non-hydrogen) atoms. The van der Waals surface area contributed by atoms with Gasteiger partial charge in [0.15, 0.2) is 0 Å². The predicted molar refractivity (Wildman–Crippen MR) is 75.1 cm³/mol. The van der Waals surface area contributed by atoms with E-state index in [2.05, 4.69) is 20.8 Å². The van der Waals surface area contributed by atoms with Crippen LogP contribution in [0.25, 0.3) is 0 Å². The Bertz CT molecular complexity index is 324. The van der Waals surface area contributed by atoms with Gasteiger partial charge >= 0.3 is 5.97 Å². The number of hydrogen-bond donors (Lipinski definition) is 1. The van der Waals surface area contributed by atoms with Crippen molar-refractivity contribution in [3.63, 3.8) is 0 Å². The van der Waals surface area contributed by atoms with Crippen molar-refractivity contribution in [2.45, 2.75) is 77.9 Å². The number of carboxylic acids is 1. The van der Waals surface area contributed by atoms with Crippen LogP contribution >= 0.6 is 0 Å². The maximum atomic E-state index is 11.4. The van der Waals surface area contributed by atoms with Crippen LogP contribution in [-0.4, -0.2) is 23.3 Å². The molecule has 2 fully saturated rings. The molecule has 0 aromatic carbocycles. The van der Waals surface area contributed by atoms with Crippen LogP contribution in [0, 0.1) is 17.3 Å². The second-order valence-electron chi connectivity index (χ2n) is 7.20. The van der Waals surface area contributed by atoms with Gasteiger partial charge in [0.05, 0.1) is 18.1 Å². The number of carboxylic acid groups (broad SMARTS) is 1. The van der Waals surface area contributed by atoms with Gasteiger partial charge in [0.1, 0.15) is 0 Å². The molecule has 4 unspecified atom stereocenters. The van der Waals surface area contributed by atoms with Gasteiger partial charge in [0, 0.05) is 0 Å². The molecule has 0 bridgehead atoms. The first-order chi connectivity index (χ1) is 8.93. The van der Waals surface area contributed by atoms with Crippen molar-refractivity contribution in [3.8, 4) is 0 Å². The quantitative estimate of drug-likeness (QED) is 0.744. The molecule has 1 heterocycles. The fourth-order valence-electron chi connectivity index (χ4n) is 3.78. The molecule has 2 rings (SSSR count). The molecule has 2 aliphatic rings. The average Bonchev–Trinajstić information content (AvgIpc) is 3.07. The second kappa shape index (κ2) is 5.82. The molecular weight excluding hydrogens is 240 g/mol. The van der Waals surface area contributed by atoms with Crippen LogP contribution in [0.4, 0.5) is 0 Å². The van der Waals surface area contributed by atoms with Crippen molar-refractivity contribution in [2.24, 2.45) is 17.3 Å². The van der Waals surface area contributed by atoms with Crippen molar-refractivity contribution in [1.82, 2.24) is 0 Å². The summed E-state index contributed by atoms with van der Waals surface area (Å²) in [4.78, 5) is 11.4. The van der Waals surface area contributed by atoms with Gasteiger partial charge < -0.3 is 9.84 Å². The first kappa shape index (κ1) is 14.8. The highest BCUT2D eigenvalue weighted by atomic mass is 16.6. The molecule has 110 valence electrons. The fourth-order valence-corrected chi connectivity index (χ4v) is 3.78. The average molecular weight is 268 g/mol. The third-order valence-electron chi connectivity index (χ3n) is 4.93. The number of aliphatic carboxylic acids is 1. The maximum absolute atomic E-state index is 11.4. The summed E-state index contributed by atoms with van der Waals surface area (Å²) in [6.45, 7) is 6.74. The Labute approximate surface area is 116 Å². The van der Waals surface area contributed by atoms with Crippen molar-refractivity contribution in [2.75, 3.05) is 0 Å². The largest absolute Gasteiger partial charge is 0.481 e. The minimum absolute atomic E-state index is 0.0147. The topological polar surface area (TPSA) is 49.8 Å². The summed E-state index contributed by atoms with van der Waals surface area (Å²) in [5.41, 5.74) is 0.448. The van der Waals surface area contributed by atoms with Gasteiger partial charge in [-0.25, -0.2) is 0 Å². The van der Waals surface area contributed by atoms with Gasteiger partial charge in [-0.05, 0) is 43.4 Å². The minimum Gasteiger partial charge on any atom is -0.481 e. The summed E-state index contributed by atoms with van der Waals surface area (Å²) in [6, 6.07) is 0. The standard InChI is InChI=1S/C16H28O3/c1-4-13-14(19-13)12(15(17)18)8-7-11-6-5-9-16(2,3)10-11/h11-14H,4-10H2,1-3H3,(H,17,18). The third kappa shape index (κ3) is 3.95. The van der Waals surface area contributed by atoms with Gasteiger partial charge in [0.25, 0.3) is 0 Å². The minimum atomic E-state index is -0.670. The van der Waals surface area contributed by atoms with Crippen LogP contribution < -0.4 is 0 Å². The fraction of sp³-hybridized carbons (Fsp3) is 0.938. The molecule has 0 aromatic rings. The Morgan fingerprint density at radius 2 is 2.21 bits per heavy atom. The van der Waals surface area contributed by atoms with Crippen molar-refractivity contribution >= 4 is 5.97 Å². The lowest BCUT2D eigenvalue weighted by atomic mass is 9.70. The van der Waals surface area contributed by atoms with Gasteiger partial charge in [-0.15, -0.1) is 0 Å². The van der Waals surface area contributed by atoms with Gasteiger partial charge in [0.2, 0.25) is 0 Å². The summed E-state index contributed by atoms with van der Waals surface area (Å²) in [7, 11) is 0. The maximum Gasteiger partial charge on any atom is 0.309 e. The summed E-state index contributed by atoms with van der Waals surface area (Å²) in [6.07, 6.45) is 8.10. The van der Waals surface area contributed by atoms with Crippen molar-refractivity contribution < 1.29 is 14.6 Å². The van der Waals surface area contributed by atoms with E-state index in [-0.39, 0.29) is 18.1 Å². The van der Waals surface area contributed by atoms with E-state index in [1.54, 1.807) is 0 Å². The highest BCUT2D eigenvalue weighted by Gasteiger charge is 2.46. The first-order valence-corrected chi connectivity index (χ1v) is 7.81. The predicted octanol–water partition coefficient (Wildman–Crippen LogP) is 3.86. The van der Waals surface area contributed by atoms with Crippen LogP contribution in [0.15, 0.2) is 0 Å². The Morgan fingerprint density at radius 1 is 1.47 bits per heavy atom. The van der Waals surface area contributed by atoms with Gasteiger partial charge in [-0.3, -0.25) is 4.79 Å². The Hall–Kier alpha value is -0.570. The normalized spacial score (nSPS) is 34.8. The van der Waals surface area contributed by atoms with Crippen molar-refractivity contribution in [3.05, 3.63) is 0 Å². The zero-order valence-electron chi connectivity index (χ0n) is 12.5. The van der Waals surface area contributed by atoms with E-state index in [4.69, 9.17) is 4.74 Å². The Kier molecular flexibility index (Phi) is 4.54. The summed E-state index contributed by atoms with van der Waals surface area (Å²) >= 11 is 0. The molecule has 0 amide bonds. The molecule has 1 saturated heterocycles. The lowest BCUT2D eigenvalue weighted by Crippen LogP contribution is -2.26. The van der Waals surface area contributed by atoms with E-state index in [9.17, 15) is 9.90 Å². The zero-order chi connectivity index (χ0) is 14.0. The highest BCUT2D eigenvalue weighted by molar-refractivity contribution is 5.71. The number of epoxide rings is 1. The molecule has 4 atom stereocenters. The Balaban J connectivity index is 1.81. The summed E-state index contributed by atoms with van der Waals surface area (Å²) in [5.74, 6) is -0.240. The molecule has 1 N–H and O–H groups in total. The molecule has 0 aromatic heterocycles. The molecule has 1 aliphatic carbocycles. The molecule has 3 heteroatoms. The van der Waals surface area contributed by atoms with Crippen LogP contribution in [0.1, 0.15) is 65.7 Å². The summed E-state index contributed by atoms with van der Waals surface area (Å²) < 4.78 is 5.49. The molecular formula is C16H28O3. The summed E-state index contributed by atoms with van der Waals surface area (Å²) in [5, 5.41) is 9.35. The van der Waals surface area contributed by atoms with Crippen LogP contribution in [-0.2, 0) is 9.53 Å². The van der Waals surface area contributed by atoms with Crippen molar-refractivity contribution in [1.29, 1.82) is 0 Å². The van der Waals surface area contributed by atoms with E-state index in [0.29, 0.717) is 11.3 Å². The lowest BCUT2D eigenvalue weighted by Gasteiger charge is -2.35. The van der Waals surface area contributed by atoms with E-state index < -0.39 is 5.97 Å². The smallest absolute Gasteiger partial charge is 0.309 e. The Morgan fingerprint density at radius 3 is 2.74 bits per heavy atom. The number of carbonyl (C=O) groups is 1. The van der Waals surface area contributed by atoms with Crippen LogP contribution in [0.2, 0.25) is 0 Å². The molecule has 1 saturated carbocycles. The number of rotatable bonds is 6. The van der Waals surface area contributed by atoms with E-state index in [1.165, 1.54) is 25.7 Å². The van der Waals surface area contributed by atoms with Crippen LogP contribution in [0.3, 0.4) is 0 Å². The van der Waals surface area contributed by atoms with Gasteiger partial charge in [-0.1, -0.05) is 33.6 Å². The molecule has 0 spiro atoms. The third-order valence-corrected chi connectivity index (χ3v) is 4.93. The highest BCUT2D eigenvalue weighted by Crippen LogP contribution is 2.42. The van der Waals surface area contributed by atoms with E-state index in [1.807, 2.05) is 0 Å².